The molecule has 0 N–H and O–H groups in total. The number of nitrogens with zero attached hydrogens (tertiary/aromatic N) is 5. The molecule has 0 spiro atoms. The largest absolute Gasteiger partial charge is 0.369 e. The van der Waals surface area contributed by atoms with Crippen LogP contribution in [0.1, 0.15) is 11.1 Å². The highest BCUT2D eigenvalue weighted by Gasteiger charge is 2.35. The van der Waals surface area contributed by atoms with Crippen LogP contribution < -0.4 is 9.80 Å². The van der Waals surface area contributed by atoms with Gasteiger partial charge in [0.1, 0.15) is 5.71 Å². The van der Waals surface area contributed by atoms with Gasteiger partial charge in [-0.05, 0) is 42.8 Å². The molecule has 178 valence electrons. The van der Waals surface area contributed by atoms with Crippen molar-refractivity contribution in [3.63, 3.8) is 0 Å². The SMILES string of the molecule is Cc1ccc(N=C2C(=O)N(CN3CCN(c4ccc([N+](=O)[O-])cc4)CC3)c3ccccc32)cc1Br. The number of aryl methyl sites for hydroxylation is 1. The molecule has 9 heteroatoms. The molecule has 0 aliphatic carbocycles. The minimum absolute atomic E-state index is 0.0917. The number of rotatable bonds is 5. The summed E-state index contributed by atoms with van der Waals surface area (Å²) in [6.07, 6.45) is 0. The summed E-state index contributed by atoms with van der Waals surface area (Å²) in [5.41, 5.74) is 5.09. The molecule has 8 nitrogen and oxygen atoms in total. The highest BCUT2D eigenvalue weighted by molar-refractivity contribution is 9.10. The molecule has 0 saturated carbocycles. The van der Waals surface area contributed by atoms with Crippen molar-refractivity contribution in [3.05, 3.63) is 92.4 Å². The van der Waals surface area contributed by atoms with Crippen LogP contribution in [0.3, 0.4) is 0 Å². The van der Waals surface area contributed by atoms with Gasteiger partial charge in [0.2, 0.25) is 0 Å². The van der Waals surface area contributed by atoms with Crippen LogP contribution in [-0.4, -0.2) is 54.3 Å². The van der Waals surface area contributed by atoms with Gasteiger partial charge in [0.15, 0.2) is 0 Å². The number of hydrogen-bond acceptors (Lipinski definition) is 6. The molecule has 0 unspecified atom stereocenters. The van der Waals surface area contributed by atoms with Crippen LogP contribution in [0.25, 0.3) is 0 Å². The van der Waals surface area contributed by atoms with Crippen molar-refractivity contribution in [2.24, 2.45) is 4.99 Å². The molecular formula is C26H24BrN5O3. The number of para-hydroxylation sites is 1. The predicted molar refractivity (Wildman–Crippen MR) is 141 cm³/mol. The van der Waals surface area contributed by atoms with E-state index in [-0.39, 0.29) is 16.5 Å². The van der Waals surface area contributed by atoms with Crippen LogP contribution >= 0.6 is 15.9 Å². The maximum absolute atomic E-state index is 13.5. The van der Waals surface area contributed by atoms with Crippen LogP contribution in [0.4, 0.5) is 22.7 Å². The average molecular weight is 534 g/mol. The zero-order chi connectivity index (χ0) is 24.5. The Kier molecular flexibility index (Phi) is 6.36. The first-order valence-corrected chi connectivity index (χ1v) is 12.2. The molecule has 3 aromatic rings. The van der Waals surface area contributed by atoms with Crippen molar-refractivity contribution in [3.8, 4) is 0 Å². The lowest BCUT2D eigenvalue weighted by Gasteiger charge is -2.37. The maximum Gasteiger partial charge on any atom is 0.278 e. The Labute approximate surface area is 211 Å². The van der Waals surface area contributed by atoms with Gasteiger partial charge >= 0.3 is 0 Å². The molecule has 1 amide bonds. The molecular weight excluding hydrogens is 510 g/mol. The van der Waals surface area contributed by atoms with Crippen LogP contribution in [-0.2, 0) is 4.79 Å². The molecule has 0 radical (unpaired) electrons. The minimum atomic E-state index is -0.387. The zero-order valence-electron chi connectivity index (χ0n) is 19.2. The van der Waals surface area contributed by atoms with Gasteiger partial charge in [-0.1, -0.05) is 40.2 Å². The molecule has 0 bridgehead atoms. The van der Waals surface area contributed by atoms with E-state index in [1.807, 2.05) is 49.4 Å². The summed E-state index contributed by atoms with van der Waals surface area (Å²) in [4.78, 5) is 35.0. The number of amides is 1. The zero-order valence-corrected chi connectivity index (χ0v) is 20.8. The number of hydrogen-bond donors (Lipinski definition) is 0. The van der Waals surface area contributed by atoms with Crippen molar-refractivity contribution in [2.75, 3.05) is 42.6 Å². The smallest absolute Gasteiger partial charge is 0.278 e. The van der Waals surface area contributed by atoms with Crippen molar-refractivity contribution in [2.45, 2.75) is 6.92 Å². The van der Waals surface area contributed by atoms with Gasteiger partial charge in [0.05, 0.1) is 23.0 Å². The van der Waals surface area contributed by atoms with E-state index >= 15 is 0 Å². The van der Waals surface area contributed by atoms with E-state index < -0.39 is 0 Å². The second kappa shape index (κ2) is 9.59. The maximum atomic E-state index is 13.5. The van der Waals surface area contributed by atoms with E-state index in [9.17, 15) is 14.9 Å². The fourth-order valence-corrected chi connectivity index (χ4v) is 4.79. The van der Waals surface area contributed by atoms with Gasteiger partial charge in [0.25, 0.3) is 11.6 Å². The normalized spacial score (nSPS) is 17.2. The molecule has 2 aliphatic rings. The fourth-order valence-electron chi connectivity index (χ4n) is 4.42. The second-order valence-electron chi connectivity index (χ2n) is 8.66. The highest BCUT2D eigenvalue weighted by Crippen LogP contribution is 2.32. The lowest BCUT2D eigenvalue weighted by atomic mass is 10.1. The number of halogens is 1. The standard InChI is InChI=1S/C26H24BrN5O3/c1-18-6-7-19(16-23(18)27)28-25-22-4-2-3-5-24(22)31(26(25)33)17-29-12-14-30(15-13-29)20-8-10-21(11-9-20)32(34)35/h2-11,16H,12-15,17H2,1H3. The van der Waals surface area contributed by atoms with Gasteiger partial charge in [-0.25, -0.2) is 4.99 Å². The van der Waals surface area contributed by atoms with Gasteiger partial charge < -0.3 is 4.90 Å². The monoisotopic (exact) mass is 533 g/mol. The number of benzene rings is 3. The molecule has 2 heterocycles. The predicted octanol–water partition coefficient (Wildman–Crippen LogP) is 4.91. The van der Waals surface area contributed by atoms with E-state index in [0.29, 0.717) is 12.4 Å². The van der Waals surface area contributed by atoms with Crippen molar-refractivity contribution < 1.29 is 9.72 Å². The summed E-state index contributed by atoms with van der Waals surface area (Å²) < 4.78 is 0.959. The van der Waals surface area contributed by atoms with E-state index in [4.69, 9.17) is 4.99 Å². The van der Waals surface area contributed by atoms with Crippen molar-refractivity contribution >= 4 is 50.3 Å². The second-order valence-corrected chi connectivity index (χ2v) is 9.52. The Bertz CT molecular complexity index is 1320. The quantitative estimate of drug-likeness (QED) is 0.343. The Balaban J connectivity index is 1.30. The molecule has 0 atom stereocenters. The molecule has 5 rings (SSSR count). The first-order chi connectivity index (χ1) is 16.9. The number of carbonyl (C=O) groups excluding carboxylic acids is 1. The van der Waals surface area contributed by atoms with Gasteiger partial charge in [-0.3, -0.25) is 24.7 Å². The van der Waals surface area contributed by atoms with Crippen LogP contribution in [0, 0.1) is 17.0 Å². The average Bonchev–Trinajstić information content (AvgIpc) is 3.13. The number of nitro groups is 1. The summed E-state index contributed by atoms with van der Waals surface area (Å²) in [6, 6.07) is 20.3. The third kappa shape index (κ3) is 4.69. The molecule has 0 aromatic heterocycles. The topological polar surface area (TPSA) is 82.3 Å². The van der Waals surface area contributed by atoms with Crippen molar-refractivity contribution in [1.29, 1.82) is 0 Å². The number of piperazine rings is 1. The third-order valence-electron chi connectivity index (χ3n) is 6.43. The van der Waals surface area contributed by atoms with E-state index in [1.165, 1.54) is 12.1 Å². The number of fused-ring (bicyclic) bond motifs is 1. The van der Waals surface area contributed by atoms with Crippen molar-refractivity contribution in [1.82, 2.24) is 4.90 Å². The molecule has 1 saturated heterocycles. The highest BCUT2D eigenvalue weighted by atomic mass is 79.9. The number of carbonyl (C=O) groups is 1. The third-order valence-corrected chi connectivity index (χ3v) is 7.29. The summed E-state index contributed by atoms with van der Waals surface area (Å²) in [6.45, 7) is 5.61. The Morgan fingerprint density at radius 1 is 1.00 bits per heavy atom. The molecule has 35 heavy (non-hydrogen) atoms. The van der Waals surface area contributed by atoms with Crippen LogP contribution in [0.15, 0.2) is 76.2 Å². The van der Waals surface area contributed by atoms with Crippen LogP contribution in [0.2, 0.25) is 0 Å². The summed E-state index contributed by atoms with van der Waals surface area (Å²) in [5.74, 6) is -0.0966. The number of nitro benzene ring substituents is 1. The van der Waals surface area contributed by atoms with Crippen LogP contribution in [0.5, 0.6) is 0 Å². The Hall–Kier alpha value is -3.56. The Morgan fingerprint density at radius 3 is 2.40 bits per heavy atom. The van der Waals surface area contributed by atoms with Gasteiger partial charge in [0, 0.05) is 54.0 Å². The minimum Gasteiger partial charge on any atom is -0.369 e. The lowest BCUT2D eigenvalue weighted by molar-refractivity contribution is -0.384. The summed E-state index contributed by atoms with van der Waals surface area (Å²) in [7, 11) is 0. The van der Waals surface area contributed by atoms with Gasteiger partial charge in [-0.2, -0.15) is 0 Å². The number of anilines is 2. The number of aliphatic imine (C=N–C) groups is 1. The summed E-state index contributed by atoms with van der Waals surface area (Å²) in [5, 5.41) is 10.9. The fraction of sp³-hybridized carbons (Fsp3) is 0.231. The van der Waals surface area contributed by atoms with Gasteiger partial charge in [-0.15, -0.1) is 0 Å². The Morgan fingerprint density at radius 2 is 1.71 bits per heavy atom. The number of non-ortho nitro benzene ring substituents is 1. The molecule has 3 aromatic carbocycles. The molecule has 1 fully saturated rings. The van der Waals surface area contributed by atoms with E-state index in [0.717, 1.165) is 58.8 Å². The first-order valence-electron chi connectivity index (χ1n) is 11.4. The molecule has 2 aliphatic heterocycles. The van der Waals surface area contributed by atoms with E-state index in [1.54, 1.807) is 17.0 Å². The summed E-state index contributed by atoms with van der Waals surface area (Å²) >= 11 is 3.55. The van der Waals surface area contributed by atoms with E-state index in [2.05, 4.69) is 25.7 Å². The first kappa shape index (κ1) is 23.2. The lowest BCUT2D eigenvalue weighted by Crippen LogP contribution is -2.51.